The lowest BCUT2D eigenvalue weighted by molar-refractivity contribution is -0.157. The maximum atomic E-state index is 12.4. The topological polar surface area (TPSA) is 75.6 Å². The van der Waals surface area contributed by atoms with Crippen LogP contribution in [0.25, 0.3) is 0 Å². The molecule has 0 radical (unpaired) electrons. The quantitative estimate of drug-likeness (QED) is 0.789. The molecule has 5 nitrogen and oxygen atoms in total. The van der Waals surface area contributed by atoms with Crippen molar-refractivity contribution in [2.75, 3.05) is 6.61 Å². The molecule has 0 aromatic heterocycles. The summed E-state index contributed by atoms with van der Waals surface area (Å²) in [5.74, 6) is -2.67. The van der Waals surface area contributed by atoms with Gasteiger partial charge in [0.1, 0.15) is 11.8 Å². The summed E-state index contributed by atoms with van der Waals surface area (Å²) >= 11 is 5.77. The van der Waals surface area contributed by atoms with Crippen LogP contribution in [-0.2, 0) is 4.79 Å². The van der Waals surface area contributed by atoms with Gasteiger partial charge in [0.25, 0.3) is 5.91 Å². The van der Waals surface area contributed by atoms with Crippen LogP contribution >= 0.6 is 11.6 Å². The van der Waals surface area contributed by atoms with Gasteiger partial charge in [0.15, 0.2) is 0 Å². The standard InChI is InChI=1S/C14H15ClF3NO4/c1-2-5-23-11-4-3-8(15)6-9(11)12(20)19-10(13(21)22)7-14(16,17)18/h3-4,6,10H,2,5,7H2,1H3,(H,19,20)(H,21,22). The molecule has 9 heteroatoms. The minimum absolute atomic E-state index is 0.116. The van der Waals surface area contributed by atoms with Crippen molar-refractivity contribution in [3.05, 3.63) is 28.8 Å². The van der Waals surface area contributed by atoms with Crippen LogP contribution in [0.2, 0.25) is 5.02 Å². The largest absolute Gasteiger partial charge is 0.493 e. The minimum Gasteiger partial charge on any atom is -0.493 e. The Kier molecular flexibility index (Phi) is 6.68. The molecule has 0 saturated carbocycles. The zero-order chi connectivity index (χ0) is 17.6. The van der Waals surface area contributed by atoms with Gasteiger partial charge in [-0.2, -0.15) is 13.2 Å². The van der Waals surface area contributed by atoms with E-state index in [4.69, 9.17) is 21.4 Å². The molecule has 2 N–H and O–H groups in total. The number of carboxylic acids is 1. The third-order valence-electron chi connectivity index (χ3n) is 2.69. The van der Waals surface area contributed by atoms with Gasteiger partial charge in [0, 0.05) is 5.02 Å². The molecule has 1 amide bonds. The van der Waals surface area contributed by atoms with Gasteiger partial charge < -0.3 is 15.2 Å². The fraction of sp³-hybridized carbons (Fsp3) is 0.429. The Bertz CT molecular complexity index is 578. The fourth-order valence-electron chi connectivity index (χ4n) is 1.69. The molecule has 0 saturated heterocycles. The Morgan fingerprint density at radius 3 is 2.57 bits per heavy atom. The van der Waals surface area contributed by atoms with Crippen LogP contribution in [0.15, 0.2) is 18.2 Å². The van der Waals surface area contributed by atoms with Crippen LogP contribution in [0.3, 0.4) is 0 Å². The predicted octanol–water partition coefficient (Wildman–Crippen LogP) is 3.26. The van der Waals surface area contributed by atoms with E-state index in [1.54, 1.807) is 0 Å². The number of carbonyl (C=O) groups is 2. The monoisotopic (exact) mass is 353 g/mol. The van der Waals surface area contributed by atoms with Crippen molar-refractivity contribution in [2.45, 2.75) is 32.0 Å². The van der Waals surface area contributed by atoms with Gasteiger partial charge in [-0.05, 0) is 24.6 Å². The number of carboxylic acid groups (broad SMARTS) is 1. The second kappa shape index (κ2) is 8.05. The summed E-state index contributed by atoms with van der Waals surface area (Å²) in [5.41, 5.74) is -0.126. The van der Waals surface area contributed by atoms with Crippen molar-refractivity contribution in [1.82, 2.24) is 5.32 Å². The molecule has 0 heterocycles. The number of benzene rings is 1. The second-order valence-electron chi connectivity index (χ2n) is 4.67. The zero-order valence-electron chi connectivity index (χ0n) is 12.1. The summed E-state index contributed by atoms with van der Waals surface area (Å²) in [6, 6.07) is 1.95. The van der Waals surface area contributed by atoms with Crippen LogP contribution in [0.4, 0.5) is 13.2 Å². The molecule has 1 unspecified atom stereocenters. The number of aliphatic carboxylic acids is 1. The van der Waals surface area contributed by atoms with E-state index in [0.29, 0.717) is 6.42 Å². The van der Waals surface area contributed by atoms with E-state index >= 15 is 0 Å². The lowest BCUT2D eigenvalue weighted by Crippen LogP contribution is -2.43. The number of amides is 1. The highest BCUT2D eigenvalue weighted by Gasteiger charge is 2.36. The normalized spacial score (nSPS) is 12.6. The van der Waals surface area contributed by atoms with E-state index in [2.05, 4.69) is 0 Å². The van der Waals surface area contributed by atoms with Crippen molar-refractivity contribution in [3.8, 4) is 5.75 Å². The predicted molar refractivity (Wildman–Crippen MR) is 76.8 cm³/mol. The number of hydrogen-bond acceptors (Lipinski definition) is 3. The summed E-state index contributed by atoms with van der Waals surface area (Å²) < 4.78 is 42.4. The molecule has 0 bridgehead atoms. The highest BCUT2D eigenvalue weighted by atomic mass is 35.5. The van der Waals surface area contributed by atoms with Gasteiger partial charge in [-0.25, -0.2) is 4.79 Å². The fourth-order valence-corrected chi connectivity index (χ4v) is 1.86. The summed E-state index contributed by atoms with van der Waals surface area (Å²) in [4.78, 5) is 23.0. The summed E-state index contributed by atoms with van der Waals surface area (Å²) in [5, 5.41) is 10.8. The average molecular weight is 354 g/mol. The molecule has 128 valence electrons. The molecule has 23 heavy (non-hydrogen) atoms. The Labute approximate surface area is 135 Å². The number of alkyl halides is 3. The van der Waals surface area contributed by atoms with Gasteiger partial charge >= 0.3 is 12.1 Å². The number of carbonyl (C=O) groups excluding carboxylic acids is 1. The Balaban J connectivity index is 2.98. The lowest BCUT2D eigenvalue weighted by atomic mass is 10.1. The molecule has 0 aliphatic heterocycles. The molecule has 1 atom stereocenters. The number of rotatable bonds is 7. The third-order valence-corrected chi connectivity index (χ3v) is 2.92. The first-order valence-corrected chi connectivity index (χ1v) is 7.04. The minimum atomic E-state index is -4.73. The van der Waals surface area contributed by atoms with E-state index < -0.39 is 30.5 Å². The molecule has 0 spiro atoms. The van der Waals surface area contributed by atoms with Crippen LogP contribution in [-0.4, -0.2) is 35.8 Å². The van der Waals surface area contributed by atoms with Gasteiger partial charge in [0.05, 0.1) is 18.6 Å². The van der Waals surface area contributed by atoms with E-state index in [9.17, 15) is 22.8 Å². The molecule has 0 aliphatic carbocycles. The van der Waals surface area contributed by atoms with Crippen LogP contribution in [0.5, 0.6) is 5.75 Å². The number of nitrogens with one attached hydrogen (secondary N) is 1. The van der Waals surface area contributed by atoms with Gasteiger partial charge in [-0.3, -0.25) is 4.79 Å². The van der Waals surface area contributed by atoms with E-state index in [1.807, 2.05) is 12.2 Å². The Morgan fingerprint density at radius 1 is 1.39 bits per heavy atom. The summed E-state index contributed by atoms with van der Waals surface area (Å²) in [6.45, 7) is 2.12. The smallest absolute Gasteiger partial charge is 0.391 e. The van der Waals surface area contributed by atoms with Gasteiger partial charge in [-0.15, -0.1) is 0 Å². The third kappa shape index (κ3) is 6.35. The van der Waals surface area contributed by atoms with Gasteiger partial charge in [-0.1, -0.05) is 18.5 Å². The number of ether oxygens (including phenoxy) is 1. The molecular formula is C14H15ClF3NO4. The first kappa shape index (κ1) is 19.1. The Hall–Kier alpha value is -1.96. The van der Waals surface area contributed by atoms with Crippen molar-refractivity contribution >= 4 is 23.5 Å². The molecule has 1 rings (SSSR count). The number of hydrogen-bond donors (Lipinski definition) is 2. The SMILES string of the molecule is CCCOc1ccc(Cl)cc1C(=O)NC(CC(F)(F)F)C(=O)O. The highest BCUT2D eigenvalue weighted by Crippen LogP contribution is 2.25. The van der Waals surface area contributed by atoms with E-state index in [1.165, 1.54) is 18.2 Å². The van der Waals surface area contributed by atoms with Crippen LogP contribution in [0.1, 0.15) is 30.1 Å². The Morgan fingerprint density at radius 2 is 2.04 bits per heavy atom. The van der Waals surface area contributed by atoms with Crippen molar-refractivity contribution in [1.29, 1.82) is 0 Å². The molecule has 0 fully saturated rings. The second-order valence-corrected chi connectivity index (χ2v) is 5.11. The molecular weight excluding hydrogens is 339 g/mol. The summed E-state index contributed by atoms with van der Waals surface area (Å²) in [7, 11) is 0. The number of halogens is 4. The lowest BCUT2D eigenvalue weighted by Gasteiger charge is -2.17. The van der Waals surface area contributed by atoms with Gasteiger partial charge in [0.2, 0.25) is 0 Å². The molecule has 1 aromatic rings. The maximum absolute atomic E-state index is 12.4. The van der Waals surface area contributed by atoms with E-state index in [0.717, 1.165) is 0 Å². The van der Waals surface area contributed by atoms with Crippen molar-refractivity contribution < 1.29 is 32.6 Å². The van der Waals surface area contributed by atoms with Crippen LogP contribution < -0.4 is 10.1 Å². The van der Waals surface area contributed by atoms with Crippen LogP contribution in [0, 0.1) is 0 Å². The molecule has 1 aromatic carbocycles. The first-order valence-electron chi connectivity index (χ1n) is 6.66. The highest BCUT2D eigenvalue weighted by molar-refractivity contribution is 6.31. The summed E-state index contributed by atoms with van der Waals surface area (Å²) in [6.07, 6.45) is -5.76. The molecule has 0 aliphatic rings. The maximum Gasteiger partial charge on any atom is 0.391 e. The van der Waals surface area contributed by atoms with Crippen molar-refractivity contribution in [2.24, 2.45) is 0 Å². The average Bonchev–Trinajstić information content (AvgIpc) is 2.43. The van der Waals surface area contributed by atoms with Crippen molar-refractivity contribution in [3.63, 3.8) is 0 Å². The first-order chi connectivity index (χ1) is 10.6. The van der Waals surface area contributed by atoms with E-state index in [-0.39, 0.29) is 22.9 Å². The zero-order valence-corrected chi connectivity index (χ0v) is 12.9.